The van der Waals surface area contributed by atoms with Crippen LogP contribution < -0.4 is 4.74 Å². The first-order chi connectivity index (χ1) is 16.2. The lowest BCUT2D eigenvalue weighted by molar-refractivity contribution is -0.143. The highest BCUT2D eigenvalue weighted by molar-refractivity contribution is 7.15. The highest BCUT2D eigenvalue weighted by atomic mass is 32.1. The summed E-state index contributed by atoms with van der Waals surface area (Å²) in [5.74, 6) is 6.78. The Morgan fingerprint density at radius 3 is 2.70 bits per heavy atom. The molecule has 0 radical (unpaired) electrons. The number of hydrogen-bond donors (Lipinski definition) is 1. The van der Waals surface area contributed by atoms with Gasteiger partial charge in [-0.15, -0.1) is 11.3 Å². The number of thiazole rings is 1. The van der Waals surface area contributed by atoms with Gasteiger partial charge < -0.3 is 14.6 Å². The van der Waals surface area contributed by atoms with Gasteiger partial charge in [0.05, 0.1) is 23.1 Å². The van der Waals surface area contributed by atoms with E-state index in [-0.39, 0.29) is 12.0 Å². The molecule has 1 saturated heterocycles. The minimum Gasteiger partial charge on any atom is -0.488 e. The number of ether oxygens (including phenoxy) is 2. The van der Waals surface area contributed by atoms with Gasteiger partial charge >= 0.3 is 5.97 Å². The molecule has 1 aromatic carbocycles. The summed E-state index contributed by atoms with van der Waals surface area (Å²) < 4.78 is 11.7. The topological polar surface area (TPSA) is 81.5 Å². The summed E-state index contributed by atoms with van der Waals surface area (Å²) in [5, 5.41) is 12.1. The summed E-state index contributed by atoms with van der Waals surface area (Å²) in [7, 11) is 0. The molecule has 170 valence electrons. The van der Waals surface area contributed by atoms with Crippen LogP contribution in [0.4, 0.5) is 0 Å². The van der Waals surface area contributed by atoms with Crippen molar-refractivity contribution in [3.05, 3.63) is 41.8 Å². The smallest absolute Gasteiger partial charge is 0.306 e. The molecule has 2 fully saturated rings. The molecule has 2 aromatic heterocycles. The van der Waals surface area contributed by atoms with E-state index in [4.69, 9.17) is 9.47 Å². The average molecular weight is 463 g/mol. The molecule has 3 aromatic rings. The zero-order valence-electron chi connectivity index (χ0n) is 18.3. The van der Waals surface area contributed by atoms with Crippen LogP contribution in [-0.4, -0.2) is 40.4 Å². The van der Waals surface area contributed by atoms with Gasteiger partial charge in [0.1, 0.15) is 5.75 Å². The van der Waals surface area contributed by atoms with Crippen LogP contribution in [0.25, 0.3) is 21.2 Å². The van der Waals surface area contributed by atoms with E-state index < -0.39 is 5.97 Å². The third kappa shape index (κ3) is 5.18. The summed E-state index contributed by atoms with van der Waals surface area (Å²) in [5.41, 5.74) is 1.07. The maximum Gasteiger partial charge on any atom is 0.306 e. The Kier molecular flexibility index (Phi) is 6.56. The SMILES string of the molecule is O=C(O)[C@H]1CC[C@H](Oc2cncc3ccc(-c4cnc(C#CC5CCOCC5)s4)cc23)CC1. The van der Waals surface area contributed by atoms with E-state index in [9.17, 15) is 9.90 Å². The fraction of sp³-hybridized carbons (Fsp3) is 0.423. The van der Waals surface area contributed by atoms with E-state index in [1.165, 1.54) is 0 Å². The summed E-state index contributed by atoms with van der Waals surface area (Å²) in [6.07, 6.45) is 10.3. The summed E-state index contributed by atoms with van der Waals surface area (Å²) in [6, 6.07) is 6.26. The fourth-order valence-corrected chi connectivity index (χ4v) is 5.24. The minimum atomic E-state index is -0.703. The van der Waals surface area contributed by atoms with Crippen LogP contribution in [0.5, 0.6) is 5.75 Å². The fourth-order valence-electron chi connectivity index (χ4n) is 4.46. The summed E-state index contributed by atoms with van der Waals surface area (Å²) in [4.78, 5) is 21.1. The van der Waals surface area contributed by atoms with Gasteiger partial charge in [-0.25, -0.2) is 4.98 Å². The van der Waals surface area contributed by atoms with E-state index in [1.54, 1.807) is 17.5 Å². The van der Waals surface area contributed by atoms with Crippen LogP contribution >= 0.6 is 11.3 Å². The lowest BCUT2D eigenvalue weighted by atomic mass is 9.87. The predicted molar refractivity (Wildman–Crippen MR) is 127 cm³/mol. The quantitative estimate of drug-likeness (QED) is 0.540. The van der Waals surface area contributed by atoms with E-state index in [1.807, 2.05) is 12.4 Å². The second kappa shape index (κ2) is 9.90. The molecule has 1 aliphatic carbocycles. The van der Waals surface area contributed by atoms with Crippen LogP contribution in [0.3, 0.4) is 0 Å². The van der Waals surface area contributed by atoms with Crippen LogP contribution in [-0.2, 0) is 9.53 Å². The van der Waals surface area contributed by atoms with Crippen molar-refractivity contribution in [2.45, 2.75) is 44.6 Å². The molecule has 33 heavy (non-hydrogen) atoms. The second-order valence-corrected chi connectivity index (χ2v) is 9.72. The average Bonchev–Trinajstić information content (AvgIpc) is 3.33. The molecule has 0 unspecified atom stereocenters. The molecule has 0 amide bonds. The van der Waals surface area contributed by atoms with Crippen molar-refractivity contribution in [2.75, 3.05) is 13.2 Å². The van der Waals surface area contributed by atoms with E-state index >= 15 is 0 Å². The maximum absolute atomic E-state index is 11.2. The number of aromatic nitrogens is 2. The van der Waals surface area contributed by atoms with Gasteiger partial charge in [0, 0.05) is 42.3 Å². The van der Waals surface area contributed by atoms with Gasteiger partial charge in [-0.05, 0) is 56.1 Å². The van der Waals surface area contributed by atoms with Crippen molar-refractivity contribution in [3.63, 3.8) is 0 Å². The van der Waals surface area contributed by atoms with Crippen molar-refractivity contribution >= 4 is 28.1 Å². The number of carboxylic acid groups (broad SMARTS) is 1. The molecule has 1 saturated carbocycles. The van der Waals surface area contributed by atoms with Gasteiger partial charge in [0.25, 0.3) is 0 Å². The minimum absolute atomic E-state index is 0.0205. The Hall–Kier alpha value is -2.95. The first-order valence-electron chi connectivity index (χ1n) is 11.5. The van der Waals surface area contributed by atoms with E-state index in [0.29, 0.717) is 18.8 Å². The maximum atomic E-state index is 11.2. The Morgan fingerprint density at radius 1 is 1.09 bits per heavy atom. The number of nitrogens with zero attached hydrogens (tertiary/aromatic N) is 2. The number of fused-ring (bicyclic) bond motifs is 1. The Bertz CT molecular complexity index is 1200. The van der Waals surface area contributed by atoms with Crippen molar-refractivity contribution in [1.82, 2.24) is 9.97 Å². The summed E-state index contributed by atoms with van der Waals surface area (Å²) >= 11 is 1.60. The molecule has 1 N–H and O–H groups in total. The largest absolute Gasteiger partial charge is 0.488 e. The molecule has 7 heteroatoms. The van der Waals surface area contributed by atoms with E-state index in [0.717, 1.165) is 70.9 Å². The molecule has 2 aliphatic rings. The zero-order chi connectivity index (χ0) is 22.6. The van der Waals surface area contributed by atoms with Gasteiger partial charge in [0.15, 0.2) is 5.01 Å². The highest BCUT2D eigenvalue weighted by Gasteiger charge is 2.27. The van der Waals surface area contributed by atoms with Gasteiger partial charge in [0.2, 0.25) is 0 Å². The highest BCUT2D eigenvalue weighted by Crippen LogP contribution is 2.34. The van der Waals surface area contributed by atoms with Crippen molar-refractivity contribution in [2.24, 2.45) is 11.8 Å². The van der Waals surface area contributed by atoms with E-state index in [2.05, 4.69) is 40.0 Å². The number of rotatable bonds is 4. The Labute approximate surface area is 197 Å². The first-order valence-corrected chi connectivity index (χ1v) is 12.3. The normalized spacial score (nSPS) is 21.3. The number of hydrogen-bond acceptors (Lipinski definition) is 6. The Balaban J connectivity index is 1.34. The summed E-state index contributed by atoms with van der Waals surface area (Å²) in [6.45, 7) is 1.58. The van der Waals surface area contributed by atoms with Crippen molar-refractivity contribution in [1.29, 1.82) is 0 Å². The molecule has 0 spiro atoms. The molecule has 0 bridgehead atoms. The number of benzene rings is 1. The molecule has 0 atom stereocenters. The third-order valence-corrected chi connectivity index (χ3v) is 7.40. The van der Waals surface area contributed by atoms with Crippen molar-refractivity contribution in [3.8, 4) is 28.0 Å². The molecule has 1 aliphatic heterocycles. The van der Waals surface area contributed by atoms with Gasteiger partial charge in [-0.3, -0.25) is 9.78 Å². The molecular weight excluding hydrogens is 436 g/mol. The number of aliphatic carboxylic acids is 1. The molecular formula is C26H26N2O4S. The first kappa shape index (κ1) is 21.9. The van der Waals surface area contributed by atoms with Crippen LogP contribution in [0.15, 0.2) is 36.8 Å². The predicted octanol–water partition coefficient (Wildman–Crippen LogP) is 5.16. The van der Waals surface area contributed by atoms with Crippen LogP contribution in [0.2, 0.25) is 0 Å². The number of carboxylic acids is 1. The standard InChI is InChI=1S/C26H26N2O4S/c29-26(30)18-4-6-21(7-5-18)32-23-15-27-14-20-3-2-19(13-22(20)23)24-16-28-25(33-24)8-1-17-9-11-31-12-10-17/h2-3,13-18,21H,4-7,9-12H2,(H,29,30)/t18-,21-. The molecule has 3 heterocycles. The third-order valence-electron chi connectivity index (χ3n) is 6.44. The van der Waals surface area contributed by atoms with Crippen molar-refractivity contribution < 1.29 is 19.4 Å². The van der Waals surface area contributed by atoms with Crippen LogP contribution in [0.1, 0.15) is 43.5 Å². The monoisotopic (exact) mass is 462 g/mol. The van der Waals surface area contributed by atoms with Gasteiger partial charge in [-0.1, -0.05) is 18.1 Å². The number of carbonyl (C=O) groups is 1. The zero-order valence-corrected chi connectivity index (χ0v) is 19.1. The lowest BCUT2D eigenvalue weighted by Crippen LogP contribution is -2.27. The lowest BCUT2D eigenvalue weighted by Gasteiger charge is -2.27. The molecule has 5 rings (SSSR count). The van der Waals surface area contributed by atoms with Gasteiger partial charge in [-0.2, -0.15) is 0 Å². The molecule has 6 nitrogen and oxygen atoms in total. The van der Waals surface area contributed by atoms with Crippen LogP contribution in [0, 0.1) is 23.7 Å². The number of pyridine rings is 1. The second-order valence-electron chi connectivity index (χ2n) is 8.69. The Morgan fingerprint density at radius 2 is 1.91 bits per heavy atom.